The number of carbonyl (C=O) groups excluding carboxylic acids is 1. The van der Waals surface area contributed by atoms with Crippen molar-refractivity contribution in [3.63, 3.8) is 0 Å². The van der Waals surface area contributed by atoms with Crippen molar-refractivity contribution in [1.29, 1.82) is 0 Å². The van der Waals surface area contributed by atoms with Crippen molar-refractivity contribution in [1.82, 2.24) is 9.78 Å². The Labute approximate surface area is 164 Å². The van der Waals surface area contributed by atoms with Gasteiger partial charge in [0.25, 0.3) is 0 Å². The molecule has 2 aromatic rings. The molecule has 1 aliphatic heterocycles. The zero-order valence-corrected chi connectivity index (χ0v) is 17.0. The van der Waals surface area contributed by atoms with Gasteiger partial charge in [0.2, 0.25) is 0 Å². The molecule has 3 N–H and O–H groups in total. The molecule has 3 rings (SSSR count). The first-order valence-corrected chi connectivity index (χ1v) is 9.46. The van der Waals surface area contributed by atoms with Crippen molar-refractivity contribution in [2.24, 2.45) is 7.05 Å². The van der Waals surface area contributed by atoms with Gasteiger partial charge in [0.15, 0.2) is 5.82 Å². The first-order valence-electron chi connectivity index (χ1n) is 9.08. The second kappa shape index (κ2) is 6.87. The summed E-state index contributed by atoms with van der Waals surface area (Å²) in [5.74, 6) is 0.0783. The lowest BCUT2D eigenvalue weighted by atomic mass is 9.88. The second-order valence-corrected chi connectivity index (χ2v) is 8.71. The number of aryl methyl sites for hydroxylation is 1. The number of ether oxygens (including phenoxy) is 1. The van der Waals surface area contributed by atoms with Gasteiger partial charge in [-0.3, -0.25) is 9.48 Å². The number of aliphatic hydroxyl groups is 1. The predicted octanol–water partition coefficient (Wildman–Crippen LogP) is 2.87. The molecule has 0 radical (unpaired) electrons. The number of fused-ring (bicyclic) bond motifs is 1. The minimum Gasteiger partial charge on any atom is -0.460 e. The minimum absolute atomic E-state index is 0.00312. The van der Waals surface area contributed by atoms with E-state index in [0.717, 1.165) is 16.6 Å². The van der Waals surface area contributed by atoms with Crippen LogP contribution in [0.1, 0.15) is 40.0 Å². The summed E-state index contributed by atoms with van der Waals surface area (Å²) in [6.07, 6.45) is 0.936. The highest BCUT2D eigenvalue weighted by atomic mass is 35.5. The number of hydrogen-bond donors (Lipinski definition) is 2. The van der Waals surface area contributed by atoms with E-state index in [0.29, 0.717) is 36.8 Å². The van der Waals surface area contributed by atoms with E-state index in [1.54, 1.807) is 4.68 Å². The molecule has 0 amide bonds. The van der Waals surface area contributed by atoms with E-state index in [1.165, 1.54) is 0 Å². The molecule has 0 spiro atoms. The van der Waals surface area contributed by atoms with E-state index in [2.05, 4.69) is 10.00 Å². The number of halogens is 1. The fraction of sp³-hybridized carbons (Fsp3) is 0.579. The van der Waals surface area contributed by atoms with Crippen LogP contribution in [0.3, 0.4) is 0 Å². The van der Waals surface area contributed by atoms with E-state index in [9.17, 15) is 9.90 Å². The number of hydrogen-bond acceptors (Lipinski definition) is 6. The summed E-state index contributed by atoms with van der Waals surface area (Å²) in [5, 5.41) is 16.4. The van der Waals surface area contributed by atoms with Crippen molar-refractivity contribution >= 4 is 40.0 Å². The number of anilines is 2. The van der Waals surface area contributed by atoms with Gasteiger partial charge in [-0.15, -0.1) is 0 Å². The summed E-state index contributed by atoms with van der Waals surface area (Å²) in [6.45, 7) is 6.65. The third-order valence-electron chi connectivity index (χ3n) is 4.88. The van der Waals surface area contributed by atoms with Crippen molar-refractivity contribution < 1.29 is 14.6 Å². The normalized spacial score (nSPS) is 17.3. The molecule has 1 aromatic carbocycles. The van der Waals surface area contributed by atoms with Crippen LogP contribution in [-0.4, -0.2) is 45.1 Å². The Hall–Kier alpha value is -1.99. The lowest BCUT2D eigenvalue weighted by Crippen LogP contribution is -2.46. The molecular weight excluding hydrogens is 368 g/mol. The average molecular weight is 395 g/mol. The fourth-order valence-corrected chi connectivity index (χ4v) is 3.81. The Bertz CT molecular complexity index is 864. The van der Waals surface area contributed by atoms with Gasteiger partial charge >= 0.3 is 5.97 Å². The van der Waals surface area contributed by atoms with E-state index in [1.807, 2.05) is 40.0 Å². The van der Waals surface area contributed by atoms with Gasteiger partial charge in [0.05, 0.1) is 28.2 Å². The number of benzene rings is 1. The summed E-state index contributed by atoms with van der Waals surface area (Å²) >= 11 is 6.47. The molecule has 1 fully saturated rings. The van der Waals surface area contributed by atoms with Crippen LogP contribution in [-0.2, 0) is 16.6 Å². The Morgan fingerprint density at radius 3 is 2.59 bits per heavy atom. The molecule has 0 atom stereocenters. The zero-order valence-electron chi connectivity index (χ0n) is 16.3. The summed E-state index contributed by atoms with van der Waals surface area (Å²) in [4.78, 5) is 14.2. The smallest absolute Gasteiger partial charge is 0.309 e. The molecule has 27 heavy (non-hydrogen) atoms. The molecule has 1 saturated heterocycles. The van der Waals surface area contributed by atoms with Gasteiger partial charge in [0.1, 0.15) is 5.60 Å². The molecule has 0 saturated carbocycles. The monoisotopic (exact) mass is 394 g/mol. The van der Waals surface area contributed by atoms with Gasteiger partial charge in [-0.05, 0) is 45.7 Å². The largest absolute Gasteiger partial charge is 0.460 e. The number of carbonyl (C=O) groups is 1. The van der Waals surface area contributed by atoms with Gasteiger partial charge in [-0.1, -0.05) is 11.6 Å². The van der Waals surface area contributed by atoms with Gasteiger partial charge < -0.3 is 20.5 Å². The maximum absolute atomic E-state index is 12.1. The van der Waals surface area contributed by atoms with Crippen molar-refractivity contribution in [3.8, 4) is 0 Å². The lowest BCUT2D eigenvalue weighted by Gasteiger charge is -2.39. The molecule has 1 aliphatic rings. The standard InChI is InChI=1S/C19H27ClN4O3/c1-18(2,3)27-16(25)11-19(26)5-7-24(8-6-19)15-10-14-12(9-13(15)20)17(21)22-23(14)4/h9-10,26H,5-8,11H2,1-4H3,(H2,21,22). The number of aromatic nitrogens is 2. The molecule has 1 aromatic heterocycles. The Morgan fingerprint density at radius 1 is 1.37 bits per heavy atom. The number of nitrogen functional groups attached to an aromatic ring is 1. The fourth-order valence-electron chi connectivity index (χ4n) is 3.52. The maximum Gasteiger partial charge on any atom is 0.309 e. The van der Waals surface area contributed by atoms with Gasteiger partial charge in [-0.2, -0.15) is 5.10 Å². The third-order valence-corrected chi connectivity index (χ3v) is 5.18. The van der Waals surface area contributed by atoms with E-state index < -0.39 is 11.2 Å². The summed E-state index contributed by atoms with van der Waals surface area (Å²) in [7, 11) is 1.84. The number of rotatable bonds is 3. The predicted molar refractivity (Wildman–Crippen MR) is 107 cm³/mol. The van der Waals surface area contributed by atoms with Crippen LogP contribution in [0.2, 0.25) is 5.02 Å². The average Bonchev–Trinajstić information content (AvgIpc) is 2.79. The second-order valence-electron chi connectivity index (χ2n) is 8.30. The van der Waals surface area contributed by atoms with Crippen LogP contribution in [0, 0.1) is 0 Å². The van der Waals surface area contributed by atoms with Crippen LogP contribution >= 0.6 is 11.6 Å². The Kier molecular flexibility index (Phi) is 5.03. The SMILES string of the molecule is Cn1nc(N)c2cc(Cl)c(N3CCC(O)(CC(=O)OC(C)(C)C)CC3)cc21. The van der Waals surface area contributed by atoms with Crippen molar-refractivity contribution in [3.05, 3.63) is 17.2 Å². The van der Waals surface area contributed by atoms with Crippen LogP contribution < -0.4 is 10.6 Å². The third kappa shape index (κ3) is 4.30. The molecule has 0 bridgehead atoms. The summed E-state index contributed by atoms with van der Waals surface area (Å²) in [6, 6.07) is 3.80. The van der Waals surface area contributed by atoms with E-state index in [4.69, 9.17) is 22.1 Å². The Balaban J connectivity index is 1.72. The molecule has 7 nitrogen and oxygen atoms in total. The van der Waals surface area contributed by atoms with E-state index in [-0.39, 0.29) is 12.4 Å². The highest BCUT2D eigenvalue weighted by Gasteiger charge is 2.36. The van der Waals surface area contributed by atoms with Gasteiger partial charge in [0, 0.05) is 25.5 Å². The van der Waals surface area contributed by atoms with Crippen LogP contribution in [0.4, 0.5) is 11.5 Å². The van der Waals surface area contributed by atoms with Gasteiger partial charge in [-0.25, -0.2) is 0 Å². The molecule has 8 heteroatoms. The van der Waals surface area contributed by atoms with Crippen LogP contribution in [0.25, 0.3) is 10.9 Å². The first kappa shape index (κ1) is 19.8. The lowest BCUT2D eigenvalue weighted by molar-refractivity contribution is -0.161. The van der Waals surface area contributed by atoms with Crippen molar-refractivity contribution in [2.45, 2.75) is 51.2 Å². The van der Waals surface area contributed by atoms with Crippen molar-refractivity contribution in [2.75, 3.05) is 23.7 Å². The summed E-state index contributed by atoms with van der Waals surface area (Å²) in [5.41, 5.74) is 6.10. The molecular formula is C19H27ClN4O3. The van der Waals surface area contributed by atoms with Crippen LogP contribution in [0.5, 0.6) is 0 Å². The van der Waals surface area contributed by atoms with Crippen LogP contribution in [0.15, 0.2) is 12.1 Å². The number of nitrogens with two attached hydrogens (primary N) is 1. The molecule has 0 unspecified atom stereocenters. The molecule has 2 heterocycles. The highest BCUT2D eigenvalue weighted by Crippen LogP contribution is 2.36. The van der Waals surface area contributed by atoms with E-state index >= 15 is 0 Å². The number of nitrogens with zero attached hydrogens (tertiary/aromatic N) is 3. The Morgan fingerprint density at radius 2 is 2.00 bits per heavy atom. The number of piperidine rings is 1. The number of esters is 1. The minimum atomic E-state index is -1.05. The molecule has 148 valence electrons. The first-order chi connectivity index (χ1) is 12.5. The highest BCUT2D eigenvalue weighted by molar-refractivity contribution is 6.34. The molecule has 0 aliphatic carbocycles. The quantitative estimate of drug-likeness (QED) is 0.777. The topological polar surface area (TPSA) is 93.6 Å². The summed E-state index contributed by atoms with van der Waals surface area (Å²) < 4.78 is 7.07. The maximum atomic E-state index is 12.1. The zero-order chi connectivity index (χ0) is 20.0.